The molecule has 0 heterocycles. The minimum atomic E-state index is 0.273. The third-order valence-corrected chi connectivity index (χ3v) is 3.17. The van der Waals surface area contributed by atoms with Crippen LogP contribution in [0.1, 0.15) is 24.0 Å². The first-order valence-corrected chi connectivity index (χ1v) is 6.75. The fourth-order valence-corrected chi connectivity index (χ4v) is 2.27. The first-order chi connectivity index (χ1) is 9.86. The molecular weight excluding hydrogens is 240 g/mol. The van der Waals surface area contributed by atoms with Crippen LogP contribution in [0.15, 0.2) is 98.1 Å². The SMILES string of the molecule is C=C.C=C/C(=C\C)C(c1ccccc1)c1ccccc1. The summed E-state index contributed by atoms with van der Waals surface area (Å²) < 4.78 is 0. The van der Waals surface area contributed by atoms with Gasteiger partial charge in [-0.2, -0.15) is 0 Å². The summed E-state index contributed by atoms with van der Waals surface area (Å²) in [5.41, 5.74) is 3.85. The van der Waals surface area contributed by atoms with Gasteiger partial charge in [0, 0.05) is 5.92 Å². The van der Waals surface area contributed by atoms with Gasteiger partial charge >= 0.3 is 0 Å². The van der Waals surface area contributed by atoms with Crippen LogP contribution in [0.4, 0.5) is 0 Å². The molecule has 0 aliphatic heterocycles. The Morgan fingerprint density at radius 1 is 0.850 bits per heavy atom. The maximum atomic E-state index is 3.94. The minimum absolute atomic E-state index is 0.273. The van der Waals surface area contributed by atoms with E-state index in [1.807, 2.05) is 6.08 Å². The average Bonchev–Trinajstić information content (AvgIpc) is 2.56. The fraction of sp³-hybridized carbons (Fsp3) is 0.100. The van der Waals surface area contributed by atoms with Crippen LogP contribution in [0.2, 0.25) is 0 Å². The Balaban J connectivity index is 0.000000956. The topological polar surface area (TPSA) is 0 Å². The van der Waals surface area contributed by atoms with Crippen LogP contribution in [0.5, 0.6) is 0 Å². The molecule has 102 valence electrons. The van der Waals surface area contributed by atoms with Gasteiger partial charge in [-0.3, -0.25) is 0 Å². The summed E-state index contributed by atoms with van der Waals surface area (Å²) in [6, 6.07) is 21.1. The average molecular weight is 262 g/mol. The number of allylic oxidation sites excluding steroid dienone is 3. The van der Waals surface area contributed by atoms with Crippen LogP contribution in [-0.2, 0) is 0 Å². The largest absolute Gasteiger partial charge is 0.106 e. The molecule has 2 aromatic rings. The van der Waals surface area contributed by atoms with Crippen molar-refractivity contribution in [1.82, 2.24) is 0 Å². The van der Waals surface area contributed by atoms with Gasteiger partial charge in [0.05, 0.1) is 0 Å². The van der Waals surface area contributed by atoms with Crippen molar-refractivity contribution in [1.29, 1.82) is 0 Å². The summed E-state index contributed by atoms with van der Waals surface area (Å²) in [4.78, 5) is 0. The van der Waals surface area contributed by atoms with Crippen LogP contribution in [-0.4, -0.2) is 0 Å². The Hall–Kier alpha value is -2.34. The van der Waals surface area contributed by atoms with E-state index in [4.69, 9.17) is 0 Å². The van der Waals surface area contributed by atoms with E-state index >= 15 is 0 Å². The first-order valence-electron chi connectivity index (χ1n) is 6.75. The third-order valence-electron chi connectivity index (χ3n) is 3.17. The number of benzene rings is 2. The number of hydrogen-bond acceptors (Lipinski definition) is 0. The molecule has 0 amide bonds. The van der Waals surface area contributed by atoms with Crippen molar-refractivity contribution in [3.05, 3.63) is 109 Å². The molecule has 0 saturated heterocycles. The van der Waals surface area contributed by atoms with Crippen molar-refractivity contribution >= 4 is 0 Å². The van der Waals surface area contributed by atoms with Crippen molar-refractivity contribution in [2.24, 2.45) is 0 Å². The number of hydrogen-bond donors (Lipinski definition) is 0. The van der Waals surface area contributed by atoms with E-state index in [0.717, 1.165) is 0 Å². The quantitative estimate of drug-likeness (QED) is 0.486. The summed E-state index contributed by atoms with van der Waals surface area (Å²) in [5, 5.41) is 0. The Morgan fingerprint density at radius 3 is 1.55 bits per heavy atom. The summed E-state index contributed by atoms with van der Waals surface area (Å²) in [7, 11) is 0. The Labute approximate surface area is 122 Å². The van der Waals surface area contributed by atoms with Crippen molar-refractivity contribution in [3.8, 4) is 0 Å². The fourth-order valence-electron chi connectivity index (χ4n) is 2.27. The Bertz CT molecular complexity index is 495. The lowest BCUT2D eigenvalue weighted by Gasteiger charge is -2.19. The van der Waals surface area contributed by atoms with E-state index in [-0.39, 0.29) is 5.92 Å². The van der Waals surface area contributed by atoms with Gasteiger partial charge in [-0.25, -0.2) is 0 Å². The molecule has 0 bridgehead atoms. The molecule has 0 heteroatoms. The Kier molecular flexibility index (Phi) is 6.84. The normalized spacial score (nSPS) is 10.6. The second-order valence-corrected chi connectivity index (χ2v) is 4.25. The zero-order chi connectivity index (χ0) is 14.8. The zero-order valence-corrected chi connectivity index (χ0v) is 12.1. The zero-order valence-electron chi connectivity index (χ0n) is 12.1. The van der Waals surface area contributed by atoms with E-state index in [0.29, 0.717) is 0 Å². The lowest BCUT2D eigenvalue weighted by Crippen LogP contribution is -2.03. The molecule has 0 fully saturated rings. The molecule has 0 N–H and O–H groups in total. The molecule has 0 aromatic heterocycles. The van der Waals surface area contributed by atoms with Crippen molar-refractivity contribution in [2.45, 2.75) is 12.8 Å². The van der Waals surface area contributed by atoms with Gasteiger partial charge in [-0.05, 0) is 23.6 Å². The molecule has 0 aliphatic carbocycles. The second-order valence-electron chi connectivity index (χ2n) is 4.25. The maximum absolute atomic E-state index is 3.94. The first kappa shape index (κ1) is 15.7. The van der Waals surface area contributed by atoms with E-state index in [1.54, 1.807) is 0 Å². The number of rotatable bonds is 4. The van der Waals surface area contributed by atoms with Gasteiger partial charge in [0.15, 0.2) is 0 Å². The van der Waals surface area contributed by atoms with Crippen LogP contribution in [0, 0.1) is 0 Å². The predicted molar refractivity (Wildman–Crippen MR) is 89.9 cm³/mol. The van der Waals surface area contributed by atoms with Gasteiger partial charge in [-0.15, -0.1) is 13.2 Å². The standard InChI is InChI=1S/C18H18.C2H4/c1-3-15(4-2)18(16-11-7-5-8-12-16)17-13-9-6-10-14-17;1-2/h3-14,18H,1H2,2H3;1-2H2/b15-4+;. The van der Waals surface area contributed by atoms with Crippen LogP contribution in [0.25, 0.3) is 0 Å². The van der Waals surface area contributed by atoms with Crippen LogP contribution < -0.4 is 0 Å². The Morgan fingerprint density at radius 2 is 1.25 bits per heavy atom. The summed E-state index contributed by atoms with van der Waals surface area (Å²) in [6.45, 7) is 12.0. The highest BCUT2D eigenvalue weighted by atomic mass is 14.2. The van der Waals surface area contributed by atoms with E-state index in [9.17, 15) is 0 Å². The highest BCUT2D eigenvalue weighted by molar-refractivity contribution is 5.44. The van der Waals surface area contributed by atoms with Crippen LogP contribution >= 0.6 is 0 Å². The van der Waals surface area contributed by atoms with E-state index < -0.39 is 0 Å². The smallest absolute Gasteiger partial charge is 0.0336 e. The molecule has 20 heavy (non-hydrogen) atoms. The highest BCUT2D eigenvalue weighted by Crippen LogP contribution is 2.32. The molecule has 0 spiro atoms. The molecule has 0 aliphatic rings. The van der Waals surface area contributed by atoms with Gasteiger partial charge in [0.25, 0.3) is 0 Å². The summed E-state index contributed by atoms with van der Waals surface area (Å²) in [5.74, 6) is 0.273. The monoisotopic (exact) mass is 262 g/mol. The lowest BCUT2D eigenvalue weighted by molar-refractivity contribution is 0.974. The molecule has 0 unspecified atom stereocenters. The molecule has 2 rings (SSSR count). The van der Waals surface area contributed by atoms with E-state index in [2.05, 4.69) is 93.4 Å². The molecular formula is C20H22. The van der Waals surface area contributed by atoms with Gasteiger partial charge in [0.1, 0.15) is 0 Å². The van der Waals surface area contributed by atoms with Crippen LogP contribution in [0.3, 0.4) is 0 Å². The summed E-state index contributed by atoms with van der Waals surface area (Å²) in [6.07, 6.45) is 4.09. The summed E-state index contributed by atoms with van der Waals surface area (Å²) >= 11 is 0. The minimum Gasteiger partial charge on any atom is -0.106 e. The molecule has 2 aromatic carbocycles. The predicted octanol–water partition coefficient (Wildman–Crippen LogP) is 5.75. The van der Waals surface area contributed by atoms with Gasteiger partial charge < -0.3 is 0 Å². The van der Waals surface area contributed by atoms with Crippen molar-refractivity contribution in [3.63, 3.8) is 0 Å². The third kappa shape index (κ3) is 3.83. The highest BCUT2D eigenvalue weighted by Gasteiger charge is 2.15. The van der Waals surface area contributed by atoms with Crippen molar-refractivity contribution < 1.29 is 0 Å². The second kappa shape index (κ2) is 8.71. The van der Waals surface area contributed by atoms with Gasteiger partial charge in [-0.1, -0.05) is 79.4 Å². The van der Waals surface area contributed by atoms with E-state index in [1.165, 1.54) is 16.7 Å². The maximum Gasteiger partial charge on any atom is 0.0336 e. The molecule has 0 atom stereocenters. The molecule has 0 saturated carbocycles. The molecule has 0 radical (unpaired) electrons. The molecule has 0 nitrogen and oxygen atoms in total. The van der Waals surface area contributed by atoms with Crippen molar-refractivity contribution in [2.75, 3.05) is 0 Å². The van der Waals surface area contributed by atoms with Gasteiger partial charge in [0.2, 0.25) is 0 Å². The lowest BCUT2D eigenvalue weighted by atomic mass is 9.85.